The summed E-state index contributed by atoms with van der Waals surface area (Å²) in [5.74, 6) is 0.578. The smallest absolute Gasteiger partial charge is 0.305 e. The highest BCUT2D eigenvalue weighted by Crippen LogP contribution is 2.20. The Hall–Kier alpha value is -2.62. The lowest BCUT2D eigenvalue weighted by atomic mass is 10.3. The largest absolute Gasteiger partial charge is 0.425 e. The van der Waals surface area contributed by atoms with Crippen LogP contribution in [0.3, 0.4) is 0 Å². The van der Waals surface area contributed by atoms with Gasteiger partial charge in [-0.25, -0.2) is 9.89 Å². The van der Waals surface area contributed by atoms with Crippen LogP contribution < -0.4 is 9.64 Å². The Bertz CT molecular complexity index is 609. The number of nitrogens with zero attached hydrogens (tertiary/aromatic N) is 2. The zero-order valence-electron chi connectivity index (χ0n) is 10.2. The fourth-order valence-electron chi connectivity index (χ4n) is 1.89. The first kappa shape index (κ1) is 11.5. The van der Waals surface area contributed by atoms with Gasteiger partial charge in [0.25, 0.3) is 5.91 Å². The number of anilines is 1. The van der Waals surface area contributed by atoms with E-state index in [1.807, 2.05) is 60.7 Å². The molecule has 0 aromatic heterocycles. The van der Waals surface area contributed by atoms with Crippen LogP contribution in [0.15, 0.2) is 65.7 Å². The summed E-state index contributed by atoms with van der Waals surface area (Å²) in [7, 11) is 0. The standard InChI is InChI=1S/C15H12N2O2/c18-14-11-16-15(19-13-9-5-2-6-10-13)17(14)12-7-3-1-4-8-12/h1-10H,11H2. The van der Waals surface area contributed by atoms with Crippen LogP contribution in [0.5, 0.6) is 5.75 Å². The van der Waals surface area contributed by atoms with Gasteiger partial charge in [0.05, 0.1) is 5.69 Å². The molecule has 1 amide bonds. The molecule has 1 aliphatic rings. The number of hydrogen-bond acceptors (Lipinski definition) is 3. The zero-order valence-corrected chi connectivity index (χ0v) is 10.2. The molecule has 0 atom stereocenters. The van der Waals surface area contributed by atoms with Gasteiger partial charge >= 0.3 is 6.02 Å². The van der Waals surface area contributed by atoms with Crippen molar-refractivity contribution in [2.45, 2.75) is 0 Å². The van der Waals surface area contributed by atoms with E-state index in [9.17, 15) is 4.79 Å². The Morgan fingerprint density at radius 2 is 1.58 bits per heavy atom. The van der Waals surface area contributed by atoms with E-state index in [1.165, 1.54) is 4.90 Å². The van der Waals surface area contributed by atoms with E-state index >= 15 is 0 Å². The number of carbonyl (C=O) groups excluding carboxylic acids is 1. The van der Waals surface area contributed by atoms with Gasteiger partial charge in [0, 0.05) is 0 Å². The molecule has 0 radical (unpaired) electrons. The molecule has 0 saturated carbocycles. The van der Waals surface area contributed by atoms with Crippen molar-refractivity contribution in [2.24, 2.45) is 4.99 Å². The Kier molecular flexibility index (Phi) is 2.98. The summed E-state index contributed by atoms with van der Waals surface area (Å²) in [5.41, 5.74) is 0.764. The Balaban J connectivity index is 1.87. The molecule has 19 heavy (non-hydrogen) atoms. The van der Waals surface area contributed by atoms with Crippen LogP contribution in [0.2, 0.25) is 0 Å². The van der Waals surface area contributed by atoms with Gasteiger partial charge in [0.15, 0.2) is 0 Å². The number of amidine groups is 1. The second-order valence-corrected chi connectivity index (χ2v) is 4.08. The zero-order chi connectivity index (χ0) is 13.1. The normalized spacial score (nSPS) is 14.4. The van der Waals surface area contributed by atoms with Crippen molar-refractivity contribution in [1.29, 1.82) is 0 Å². The number of ether oxygens (including phenoxy) is 1. The first-order chi connectivity index (χ1) is 9.34. The molecule has 4 heteroatoms. The number of carbonyl (C=O) groups is 1. The molecule has 0 aliphatic carbocycles. The summed E-state index contributed by atoms with van der Waals surface area (Å²) in [6, 6.07) is 19.0. The number of aliphatic imine (C=N–C) groups is 1. The van der Waals surface area contributed by atoms with Gasteiger partial charge in [0.1, 0.15) is 12.3 Å². The van der Waals surface area contributed by atoms with Crippen LogP contribution in [0.25, 0.3) is 0 Å². The molecule has 3 rings (SSSR count). The Labute approximate surface area is 111 Å². The van der Waals surface area contributed by atoms with Crippen molar-refractivity contribution in [2.75, 3.05) is 11.4 Å². The molecule has 0 fully saturated rings. The van der Waals surface area contributed by atoms with Crippen molar-refractivity contribution < 1.29 is 9.53 Å². The van der Waals surface area contributed by atoms with Gasteiger partial charge in [-0.2, -0.15) is 0 Å². The third-order valence-electron chi connectivity index (χ3n) is 2.76. The fourth-order valence-corrected chi connectivity index (χ4v) is 1.89. The average molecular weight is 252 g/mol. The second-order valence-electron chi connectivity index (χ2n) is 4.08. The summed E-state index contributed by atoms with van der Waals surface area (Å²) < 4.78 is 5.67. The van der Waals surface area contributed by atoms with E-state index in [4.69, 9.17) is 4.74 Å². The topological polar surface area (TPSA) is 41.9 Å². The summed E-state index contributed by atoms with van der Waals surface area (Å²) >= 11 is 0. The molecule has 0 unspecified atom stereocenters. The molecule has 4 nitrogen and oxygen atoms in total. The summed E-state index contributed by atoms with van der Waals surface area (Å²) in [6.07, 6.45) is 0. The Morgan fingerprint density at radius 3 is 2.26 bits per heavy atom. The van der Waals surface area contributed by atoms with E-state index in [0.29, 0.717) is 11.8 Å². The van der Waals surface area contributed by atoms with Gasteiger partial charge in [-0.05, 0) is 24.3 Å². The molecule has 1 aliphatic heterocycles. The minimum absolute atomic E-state index is 0.0860. The van der Waals surface area contributed by atoms with Gasteiger partial charge in [-0.1, -0.05) is 36.4 Å². The van der Waals surface area contributed by atoms with Crippen molar-refractivity contribution >= 4 is 17.6 Å². The van der Waals surface area contributed by atoms with Gasteiger partial charge in [-0.3, -0.25) is 4.79 Å². The highest BCUT2D eigenvalue weighted by molar-refractivity contribution is 6.19. The lowest BCUT2D eigenvalue weighted by molar-refractivity contribution is -0.115. The molecular formula is C15H12N2O2. The molecule has 94 valence electrons. The van der Waals surface area contributed by atoms with E-state index in [1.54, 1.807) is 0 Å². The van der Waals surface area contributed by atoms with Crippen LogP contribution in [0.4, 0.5) is 5.69 Å². The Morgan fingerprint density at radius 1 is 0.947 bits per heavy atom. The van der Waals surface area contributed by atoms with Crippen LogP contribution in [-0.2, 0) is 4.79 Å². The highest BCUT2D eigenvalue weighted by atomic mass is 16.5. The maximum atomic E-state index is 11.9. The summed E-state index contributed by atoms with van der Waals surface area (Å²) in [4.78, 5) is 17.5. The fraction of sp³-hybridized carbons (Fsp3) is 0.0667. The maximum absolute atomic E-state index is 11.9. The molecule has 1 heterocycles. The minimum atomic E-state index is -0.0860. The number of amides is 1. The maximum Gasteiger partial charge on any atom is 0.305 e. The van der Waals surface area contributed by atoms with Crippen LogP contribution >= 0.6 is 0 Å². The lowest BCUT2D eigenvalue weighted by Gasteiger charge is -2.18. The summed E-state index contributed by atoms with van der Waals surface area (Å²) in [5, 5.41) is 0. The van der Waals surface area contributed by atoms with Crippen LogP contribution in [-0.4, -0.2) is 18.5 Å². The van der Waals surface area contributed by atoms with Crippen LogP contribution in [0, 0.1) is 0 Å². The average Bonchev–Trinajstić information content (AvgIpc) is 2.82. The van der Waals surface area contributed by atoms with E-state index in [0.717, 1.165) is 5.69 Å². The van der Waals surface area contributed by atoms with Crippen molar-refractivity contribution in [3.63, 3.8) is 0 Å². The monoisotopic (exact) mass is 252 g/mol. The molecular weight excluding hydrogens is 240 g/mol. The molecule has 0 spiro atoms. The van der Waals surface area contributed by atoms with Gasteiger partial charge < -0.3 is 4.74 Å². The molecule has 0 bridgehead atoms. The molecule has 2 aromatic carbocycles. The highest BCUT2D eigenvalue weighted by Gasteiger charge is 2.28. The first-order valence-electron chi connectivity index (χ1n) is 6.00. The number of para-hydroxylation sites is 2. The SMILES string of the molecule is O=C1CN=C(Oc2ccccc2)N1c1ccccc1. The predicted molar refractivity (Wildman–Crippen MR) is 73.3 cm³/mol. The third kappa shape index (κ3) is 2.33. The van der Waals surface area contributed by atoms with Crippen molar-refractivity contribution in [1.82, 2.24) is 0 Å². The van der Waals surface area contributed by atoms with E-state index in [-0.39, 0.29) is 12.5 Å². The van der Waals surface area contributed by atoms with Crippen LogP contribution in [0.1, 0.15) is 0 Å². The van der Waals surface area contributed by atoms with E-state index in [2.05, 4.69) is 4.99 Å². The third-order valence-corrected chi connectivity index (χ3v) is 2.76. The predicted octanol–water partition coefficient (Wildman–Crippen LogP) is 2.47. The lowest BCUT2D eigenvalue weighted by Crippen LogP contribution is -2.35. The minimum Gasteiger partial charge on any atom is -0.425 e. The number of hydrogen-bond donors (Lipinski definition) is 0. The number of rotatable bonds is 2. The quantitative estimate of drug-likeness (QED) is 0.824. The molecule has 0 N–H and O–H groups in total. The van der Waals surface area contributed by atoms with E-state index < -0.39 is 0 Å². The van der Waals surface area contributed by atoms with Crippen molar-refractivity contribution in [3.05, 3.63) is 60.7 Å². The second kappa shape index (κ2) is 4.94. The molecule has 2 aromatic rings. The van der Waals surface area contributed by atoms with Gasteiger partial charge in [-0.15, -0.1) is 0 Å². The van der Waals surface area contributed by atoms with Crippen molar-refractivity contribution in [3.8, 4) is 5.75 Å². The molecule has 0 saturated heterocycles. The summed E-state index contributed by atoms with van der Waals surface area (Å²) in [6.45, 7) is 0.122. The first-order valence-corrected chi connectivity index (χ1v) is 6.00. The number of benzene rings is 2. The van der Waals surface area contributed by atoms with Gasteiger partial charge in [0.2, 0.25) is 0 Å².